The lowest BCUT2D eigenvalue weighted by Crippen LogP contribution is -2.37. The summed E-state index contributed by atoms with van der Waals surface area (Å²) in [6.45, 7) is 0. The van der Waals surface area contributed by atoms with Crippen molar-refractivity contribution in [3.63, 3.8) is 0 Å². The highest BCUT2D eigenvalue weighted by Crippen LogP contribution is 2.30. The maximum Gasteiger partial charge on any atom is 0.141 e. The number of nitrogens with zero attached hydrogens (tertiary/aromatic N) is 2. The highest BCUT2D eigenvalue weighted by molar-refractivity contribution is 5.23. The minimum atomic E-state index is 0.378. The highest BCUT2D eigenvalue weighted by Gasteiger charge is 2.26. The fourth-order valence-corrected chi connectivity index (χ4v) is 1.43. The van der Waals surface area contributed by atoms with Crippen molar-refractivity contribution in [2.24, 2.45) is 5.73 Å². The lowest BCUT2D eigenvalue weighted by molar-refractivity contribution is 0.266. The third kappa shape index (κ3) is 1.09. The normalized spacial score (nSPS) is 29.9. The van der Waals surface area contributed by atoms with Gasteiger partial charge < -0.3 is 16.0 Å². The summed E-state index contributed by atoms with van der Waals surface area (Å²) in [5.41, 5.74) is 11.1. The molecule has 1 heterocycles. The first-order chi connectivity index (χ1) is 5.25. The van der Waals surface area contributed by atoms with Gasteiger partial charge in [0.05, 0.1) is 6.33 Å². The molecule has 0 bridgehead atoms. The van der Waals surface area contributed by atoms with E-state index in [1.54, 1.807) is 6.33 Å². The fraction of sp³-hybridized carbons (Fsp3) is 0.571. The summed E-state index contributed by atoms with van der Waals surface area (Å²) in [7, 11) is 0. The van der Waals surface area contributed by atoms with E-state index in [1.807, 2.05) is 10.8 Å². The summed E-state index contributed by atoms with van der Waals surface area (Å²) in [5.74, 6) is 0.588. The topological polar surface area (TPSA) is 69.9 Å². The number of anilines is 1. The number of hydrogen-bond acceptors (Lipinski definition) is 3. The van der Waals surface area contributed by atoms with Gasteiger partial charge in [-0.3, -0.25) is 0 Å². The maximum atomic E-state index is 5.65. The van der Waals surface area contributed by atoms with Crippen LogP contribution in [0.15, 0.2) is 12.5 Å². The van der Waals surface area contributed by atoms with Crippen molar-refractivity contribution < 1.29 is 0 Å². The van der Waals surface area contributed by atoms with E-state index in [1.165, 1.54) is 0 Å². The average molecular weight is 152 g/mol. The van der Waals surface area contributed by atoms with Crippen LogP contribution in [0.3, 0.4) is 0 Å². The molecule has 0 aromatic carbocycles. The number of nitrogens with two attached hydrogens (primary N) is 2. The molecule has 0 spiro atoms. The molecular weight excluding hydrogens is 140 g/mol. The Morgan fingerprint density at radius 1 is 1.55 bits per heavy atom. The van der Waals surface area contributed by atoms with E-state index in [9.17, 15) is 0 Å². The van der Waals surface area contributed by atoms with E-state index >= 15 is 0 Å². The van der Waals surface area contributed by atoms with Crippen molar-refractivity contribution in [3.05, 3.63) is 12.5 Å². The zero-order chi connectivity index (χ0) is 7.84. The molecule has 1 saturated carbocycles. The summed E-state index contributed by atoms with van der Waals surface area (Å²) in [5, 5.41) is 0. The van der Waals surface area contributed by atoms with Gasteiger partial charge >= 0.3 is 0 Å². The molecule has 2 rings (SSSR count). The zero-order valence-corrected chi connectivity index (χ0v) is 6.27. The monoisotopic (exact) mass is 152 g/mol. The quantitative estimate of drug-likeness (QED) is 0.600. The largest absolute Gasteiger partial charge is 0.382 e. The maximum absolute atomic E-state index is 5.65. The second kappa shape index (κ2) is 2.23. The molecule has 4 nitrogen and oxygen atoms in total. The van der Waals surface area contributed by atoms with E-state index in [4.69, 9.17) is 11.5 Å². The first kappa shape index (κ1) is 6.67. The van der Waals surface area contributed by atoms with E-state index in [0.29, 0.717) is 17.9 Å². The van der Waals surface area contributed by atoms with Crippen LogP contribution in [-0.4, -0.2) is 15.6 Å². The number of rotatable bonds is 1. The van der Waals surface area contributed by atoms with Crippen molar-refractivity contribution in [3.8, 4) is 0 Å². The van der Waals surface area contributed by atoms with Crippen LogP contribution in [-0.2, 0) is 0 Å². The van der Waals surface area contributed by atoms with Crippen LogP contribution in [0.1, 0.15) is 18.9 Å². The van der Waals surface area contributed by atoms with Gasteiger partial charge in [-0.25, -0.2) is 4.98 Å². The van der Waals surface area contributed by atoms with Gasteiger partial charge in [0, 0.05) is 18.3 Å². The number of imidazole rings is 1. The molecule has 60 valence electrons. The van der Waals surface area contributed by atoms with E-state index < -0.39 is 0 Å². The minimum Gasteiger partial charge on any atom is -0.382 e. The molecule has 1 aliphatic rings. The van der Waals surface area contributed by atoms with Crippen LogP contribution in [0.5, 0.6) is 0 Å². The first-order valence-electron chi connectivity index (χ1n) is 3.80. The van der Waals surface area contributed by atoms with Crippen molar-refractivity contribution in [1.29, 1.82) is 0 Å². The molecule has 0 saturated heterocycles. The SMILES string of the molecule is Nc1cn(C2CC(N)C2)cn1. The van der Waals surface area contributed by atoms with Gasteiger partial charge in [-0.05, 0) is 12.8 Å². The number of hydrogen-bond donors (Lipinski definition) is 2. The summed E-state index contributed by atoms with van der Waals surface area (Å²) >= 11 is 0. The van der Waals surface area contributed by atoms with Crippen LogP contribution >= 0.6 is 0 Å². The Hall–Kier alpha value is -1.03. The molecule has 11 heavy (non-hydrogen) atoms. The standard InChI is InChI=1S/C7H12N4/c8-5-1-6(2-5)11-3-7(9)10-4-11/h3-6H,1-2,8-9H2. The summed E-state index contributed by atoms with van der Waals surface area (Å²) in [6.07, 6.45) is 5.73. The van der Waals surface area contributed by atoms with Gasteiger partial charge in [0.25, 0.3) is 0 Å². The van der Waals surface area contributed by atoms with Crippen LogP contribution < -0.4 is 11.5 Å². The zero-order valence-electron chi connectivity index (χ0n) is 6.27. The first-order valence-corrected chi connectivity index (χ1v) is 3.80. The molecule has 0 atom stereocenters. The third-order valence-corrected chi connectivity index (χ3v) is 2.19. The Balaban J connectivity index is 2.07. The molecule has 1 aliphatic carbocycles. The fourth-order valence-electron chi connectivity index (χ4n) is 1.43. The summed E-state index contributed by atoms with van der Waals surface area (Å²) in [6, 6.07) is 0.915. The van der Waals surface area contributed by atoms with Gasteiger partial charge in [-0.2, -0.15) is 0 Å². The molecule has 0 aliphatic heterocycles. The Labute approximate surface area is 65.2 Å². The molecule has 1 fully saturated rings. The molecule has 1 aromatic rings. The van der Waals surface area contributed by atoms with Crippen LogP contribution in [0.25, 0.3) is 0 Å². The Morgan fingerprint density at radius 2 is 2.27 bits per heavy atom. The summed E-state index contributed by atoms with van der Waals surface area (Å²) in [4.78, 5) is 3.94. The highest BCUT2D eigenvalue weighted by atomic mass is 15.1. The Kier molecular flexibility index (Phi) is 1.35. The minimum absolute atomic E-state index is 0.378. The van der Waals surface area contributed by atoms with Gasteiger partial charge in [0.1, 0.15) is 5.82 Å². The molecule has 0 unspecified atom stereocenters. The van der Waals surface area contributed by atoms with Gasteiger partial charge in [0.2, 0.25) is 0 Å². The smallest absolute Gasteiger partial charge is 0.141 e. The number of aromatic nitrogens is 2. The van der Waals surface area contributed by atoms with E-state index in [0.717, 1.165) is 12.8 Å². The van der Waals surface area contributed by atoms with Crippen molar-refractivity contribution >= 4 is 5.82 Å². The van der Waals surface area contributed by atoms with Crippen LogP contribution in [0, 0.1) is 0 Å². The second-order valence-corrected chi connectivity index (χ2v) is 3.13. The van der Waals surface area contributed by atoms with Crippen molar-refractivity contribution in [2.45, 2.75) is 24.9 Å². The molecule has 1 aromatic heterocycles. The predicted octanol–water partition coefficient (Wildman–Crippen LogP) is 0.127. The predicted molar refractivity (Wildman–Crippen MR) is 42.9 cm³/mol. The molecule has 0 radical (unpaired) electrons. The van der Waals surface area contributed by atoms with Gasteiger partial charge in [-0.1, -0.05) is 0 Å². The molecular formula is C7H12N4. The van der Waals surface area contributed by atoms with Crippen LogP contribution in [0.4, 0.5) is 5.82 Å². The average Bonchev–Trinajstić information content (AvgIpc) is 2.29. The summed E-state index contributed by atoms with van der Waals surface area (Å²) < 4.78 is 2.04. The Bertz CT molecular complexity index is 249. The van der Waals surface area contributed by atoms with E-state index in [-0.39, 0.29) is 0 Å². The van der Waals surface area contributed by atoms with Crippen molar-refractivity contribution in [2.75, 3.05) is 5.73 Å². The molecule has 0 amide bonds. The molecule has 4 N–H and O–H groups in total. The van der Waals surface area contributed by atoms with Crippen LogP contribution in [0.2, 0.25) is 0 Å². The lowest BCUT2D eigenvalue weighted by atomic mass is 9.87. The van der Waals surface area contributed by atoms with Crippen molar-refractivity contribution in [1.82, 2.24) is 9.55 Å². The second-order valence-electron chi connectivity index (χ2n) is 3.13. The van der Waals surface area contributed by atoms with E-state index in [2.05, 4.69) is 4.98 Å². The molecule has 4 heteroatoms. The number of nitrogen functional groups attached to an aromatic ring is 1. The third-order valence-electron chi connectivity index (χ3n) is 2.19. The Morgan fingerprint density at radius 3 is 2.73 bits per heavy atom. The van der Waals surface area contributed by atoms with Gasteiger partial charge in [-0.15, -0.1) is 0 Å². The van der Waals surface area contributed by atoms with Gasteiger partial charge in [0.15, 0.2) is 0 Å². The lowest BCUT2D eigenvalue weighted by Gasteiger charge is -2.33.